The van der Waals surface area contributed by atoms with Gasteiger partial charge in [-0.3, -0.25) is 4.90 Å². The molecule has 0 saturated heterocycles. The lowest BCUT2D eigenvalue weighted by molar-refractivity contribution is -0.274. The number of anilines is 1. The van der Waals surface area contributed by atoms with Gasteiger partial charge in [-0.2, -0.15) is 0 Å². The molecule has 0 bridgehead atoms. The summed E-state index contributed by atoms with van der Waals surface area (Å²) in [5, 5.41) is 0. The second kappa shape index (κ2) is 7.31. The van der Waals surface area contributed by atoms with Gasteiger partial charge >= 0.3 is 6.36 Å². The molecule has 1 aliphatic heterocycles. The molecule has 0 spiro atoms. The number of hydrogen-bond acceptors (Lipinski definition) is 3. The Morgan fingerprint density at radius 2 is 1.39 bits per heavy atom. The zero-order valence-electron chi connectivity index (χ0n) is 14.6. The first-order valence-electron chi connectivity index (χ1n) is 8.62. The van der Waals surface area contributed by atoms with Crippen molar-refractivity contribution < 1.29 is 22.6 Å². The van der Waals surface area contributed by atoms with Crippen LogP contribution in [0.15, 0.2) is 91.2 Å². The Morgan fingerprint density at radius 3 is 2.00 bits per heavy atom. The summed E-state index contributed by atoms with van der Waals surface area (Å²) >= 11 is 0. The molecule has 0 aliphatic carbocycles. The molecule has 0 fully saturated rings. The van der Waals surface area contributed by atoms with Crippen molar-refractivity contribution >= 4 is 11.4 Å². The minimum absolute atomic E-state index is 0.266. The van der Waals surface area contributed by atoms with Crippen molar-refractivity contribution in [1.82, 2.24) is 0 Å². The van der Waals surface area contributed by atoms with Crippen LogP contribution >= 0.6 is 0 Å². The first-order chi connectivity index (χ1) is 13.5. The number of hydrogen-bond donors (Lipinski definition) is 0. The number of alkyl halides is 3. The predicted molar refractivity (Wildman–Crippen MR) is 100 cm³/mol. The van der Waals surface area contributed by atoms with E-state index in [1.165, 1.54) is 12.1 Å². The van der Waals surface area contributed by atoms with Crippen molar-refractivity contribution in [1.29, 1.82) is 0 Å². The molecule has 28 heavy (non-hydrogen) atoms. The van der Waals surface area contributed by atoms with Crippen molar-refractivity contribution in [2.45, 2.75) is 12.6 Å². The number of halogens is 3. The van der Waals surface area contributed by atoms with Gasteiger partial charge in [0, 0.05) is 16.8 Å². The standard InChI is InChI=1S/C22H16F3NO2/c23-22(24,25)28-19-13-11-18(12-14-19)26-20(16-7-3-1-4-8-16)15-27-21(26)17-9-5-2-6-10-17/h1-15,21H. The fraction of sp³-hybridized carbons (Fsp3) is 0.0909. The molecule has 6 heteroatoms. The summed E-state index contributed by atoms with van der Waals surface area (Å²) in [6.07, 6.45) is -3.47. The summed E-state index contributed by atoms with van der Waals surface area (Å²) in [5.41, 5.74) is 3.38. The van der Waals surface area contributed by atoms with Gasteiger partial charge in [0.1, 0.15) is 12.0 Å². The highest BCUT2D eigenvalue weighted by atomic mass is 19.4. The van der Waals surface area contributed by atoms with Crippen molar-refractivity contribution in [2.24, 2.45) is 0 Å². The molecule has 0 saturated carbocycles. The Morgan fingerprint density at radius 1 is 0.786 bits per heavy atom. The monoisotopic (exact) mass is 383 g/mol. The highest BCUT2D eigenvalue weighted by Crippen LogP contribution is 2.41. The second-order valence-corrected chi connectivity index (χ2v) is 6.18. The number of nitrogens with zero attached hydrogens (tertiary/aromatic N) is 1. The highest BCUT2D eigenvalue weighted by molar-refractivity contribution is 5.81. The number of rotatable bonds is 4. The van der Waals surface area contributed by atoms with E-state index >= 15 is 0 Å². The van der Waals surface area contributed by atoms with Gasteiger partial charge in [0.05, 0.1) is 5.70 Å². The lowest BCUT2D eigenvalue weighted by Gasteiger charge is -2.28. The van der Waals surface area contributed by atoms with Crippen LogP contribution in [0.5, 0.6) is 5.75 Å². The molecule has 142 valence electrons. The predicted octanol–water partition coefficient (Wildman–Crippen LogP) is 6.12. The normalized spacial score (nSPS) is 16.5. The Bertz CT molecular complexity index is 955. The summed E-state index contributed by atoms with van der Waals surface area (Å²) < 4.78 is 47.3. The van der Waals surface area contributed by atoms with E-state index in [4.69, 9.17) is 4.74 Å². The van der Waals surface area contributed by atoms with Crippen LogP contribution in [0, 0.1) is 0 Å². The highest BCUT2D eigenvalue weighted by Gasteiger charge is 2.33. The first kappa shape index (κ1) is 18.0. The third kappa shape index (κ3) is 3.81. The van der Waals surface area contributed by atoms with Crippen LogP contribution in [0.1, 0.15) is 17.4 Å². The molecule has 3 aromatic carbocycles. The third-order valence-electron chi connectivity index (χ3n) is 4.31. The quantitative estimate of drug-likeness (QED) is 0.542. The molecular weight excluding hydrogens is 367 g/mol. The first-order valence-corrected chi connectivity index (χ1v) is 8.62. The van der Waals surface area contributed by atoms with E-state index in [1.54, 1.807) is 18.4 Å². The fourth-order valence-corrected chi connectivity index (χ4v) is 3.12. The number of ether oxygens (including phenoxy) is 2. The van der Waals surface area contributed by atoms with Crippen LogP contribution in [0.25, 0.3) is 5.70 Å². The topological polar surface area (TPSA) is 21.7 Å². The summed E-state index contributed by atoms with van der Waals surface area (Å²) in [6, 6.07) is 25.1. The lowest BCUT2D eigenvalue weighted by atomic mass is 10.1. The smallest absolute Gasteiger partial charge is 0.471 e. The van der Waals surface area contributed by atoms with Crippen molar-refractivity contribution in [3.05, 3.63) is 102 Å². The Labute approximate surface area is 160 Å². The second-order valence-electron chi connectivity index (χ2n) is 6.18. The molecule has 0 aromatic heterocycles. The molecular formula is C22H16F3NO2. The largest absolute Gasteiger partial charge is 0.573 e. The van der Waals surface area contributed by atoms with Crippen molar-refractivity contribution in [3.63, 3.8) is 0 Å². The molecule has 1 aliphatic rings. The lowest BCUT2D eigenvalue weighted by Crippen LogP contribution is -2.23. The average molecular weight is 383 g/mol. The van der Waals surface area contributed by atoms with Gasteiger partial charge in [-0.05, 0) is 24.3 Å². The summed E-state index contributed by atoms with van der Waals surface area (Å²) in [5.74, 6) is -0.266. The molecule has 0 radical (unpaired) electrons. The van der Waals surface area contributed by atoms with E-state index in [9.17, 15) is 13.2 Å². The zero-order valence-corrected chi connectivity index (χ0v) is 14.6. The van der Waals surface area contributed by atoms with Gasteiger partial charge in [-0.25, -0.2) is 0 Å². The van der Waals surface area contributed by atoms with E-state index < -0.39 is 12.6 Å². The SMILES string of the molecule is FC(F)(F)Oc1ccc(N2C(c3ccccc3)=COC2c2ccccc2)cc1. The van der Waals surface area contributed by atoms with E-state index in [1.807, 2.05) is 65.6 Å². The van der Waals surface area contributed by atoms with E-state index in [-0.39, 0.29) is 5.75 Å². The van der Waals surface area contributed by atoms with E-state index in [2.05, 4.69) is 4.74 Å². The molecule has 1 atom stereocenters. The van der Waals surface area contributed by atoms with E-state index in [0.717, 1.165) is 16.8 Å². The maximum atomic E-state index is 12.4. The zero-order chi connectivity index (χ0) is 19.6. The van der Waals surface area contributed by atoms with Gasteiger partial charge in [-0.1, -0.05) is 60.7 Å². The summed E-state index contributed by atoms with van der Waals surface area (Å²) in [4.78, 5) is 1.95. The minimum Gasteiger partial charge on any atom is -0.471 e. The van der Waals surface area contributed by atoms with Crippen LogP contribution in [0.4, 0.5) is 18.9 Å². The van der Waals surface area contributed by atoms with Gasteiger partial charge in [-0.15, -0.1) is 13.2 Å². The van der Waals surface area contributed by atoms with Crippen molar-refractivity contribution in [3.8, 4) is 5.75 Å². The van der Waals surface area contributed by atoms with Crippen LogP contribution in [0.2, 0.25) is 0 Å². The van der Waals surface area contributed by atoms with Crippen LogP contribution in [0.3, 0.4) is 0 Å². The fourth-order valence-electron chi connectivity index (χ4n) is 3.12. The van der Waals surface area contributed by atoms with E-state index in [0.29, 0.717) is 5.69 Å². The Balaban J connectivity index is 1.71. The maximum absolute atomic E-state index is 12.4. The van der Waals surface area contributed by atoms with Gasteiger partial charge < -0.3 is 9.47 Å². The van der Waals surface area contributed by atoms with Crippen LogP contribution in [-0.2, 0) is 4.74 Å². The van der Waals surface area contributed by atoms with Gasteiger partial charge in [0.2, 0.25) is 6.23 Å². The Kier molecular flexibility index (Phi) is 4.69. The number of benzene rings is 3. The molecule has 0 amide bonds. The Hall–Kier alpha value is -3.41. The van der Waals surface area contributed by atoms with Crippen LogP contribution in [-0.4, -0.2) is 6.36 Å². The third-order valence-corrected chi connectivity index (χ3v) is 4.31. The molecule has 3 nitrogen and oxygen atoms in total. The molecule has 0 N–H and O–H groups in total. The summed E-state index contributed by atoms with van der Waals surface area (Å²) in [7, 11) is 0. The van der Waals surface area contributed by atoms with Gasteiger partial charge in [0.15, 0.2) is 0 Å². The molecule has 3 aromatic rings. The molecule has 1 unspecified atom stereocenters. The van der Waals surface area contributed by atoms with Crippen LogP contribution < -0.4 is 9.64 Å². The minimum atomic E-state index is -4.72. The average Bonchev–Trinajstić information content (AvgIpc) is 3.14. The maximum Gasteiger partial charge on any atom is 0.573 e. The van der Waals surface area contributed by atoms with Gasteiger partial charge in [0.25, 0.3) is 0 Å². The molecule has 4 rings (SSSR count). The van der Waals surface area contributed by atoms with Crippen molar-refractivity contribution in [2.75, 3.05) is 4.90 Å². The summed E-state index contributed by atoms with van der Waals surface area (Å²) in [6.45, 7) is 0. The molecule has 1 heterocycles.